The minimum atomic E-state index is -4.35. The van der Waals surface area contributed by atoms with Gasteiger partial charge in [-0.3, -0.25) is 0 Å². The number of benzene rings is 1. The van der Waals surface area contributed by atoms with E-state index >= 15 is 0 Å². The maximum absolute atomic E-state index is 12.0. The minimum Gasteiger partial charge on any atom is -0.523 e. The third kappa shape index (κ3) is 3.33. The van der Waals surface area contributed by atoms with E-state index in [1.54, 1.807) is 0 Å². The van der Waals surface area contributed by atoms with Crippen LogP contribution in [0.25, 0.3) is 0 Å². The Morgan fingerprint density at radius 1 is 1.31 bits per heavy atom. The van der Waals surface area contributed by atoms with Crippen molar-refractivity contribution < 1.29 is 36.8 Å². The second-order valence-electron chi connectivity index (χ2n) is 2.13. The van der Waals surface area contributed by atoms with Crippen LogP contribution in [-0.2, 0) is 6.18 Å². The Balaban J connectivity index is 0.00000144. The predicted octanol–water partition coefficient (Wildman–Crippen LogP) is -0.482. The number of halogens is 3. The van der Waals surface area contributed by atoms with Gasteiger partial charge in [0.25, 0.3) is 0 Å². The molecule has 1 aromatic rings. The molecule has 0 aliphatic carbocycles. The van der Waals surface area contributed by atoms with E-state index in [4.69, 9.17) is 0 Å². The SMILES string of the molecule is COc1[c-]c(C(F)(F)F)ccc1.[Li+]. The van der Waals surface area contributed by atoms with E-state index in [9.17, 15) is 13.2 Å². The number of methoxy groups -OCH3 is 1. The number of hydrogen-bond donors (Lipinski definition) is 0. The second kappa shape index (κ2) is 4.59. The third-order valence-corrected chi connectivity index (χ3v) is 1.29. The molecule has 0 bridgehead atoms. The Morgan fingerprint density at radius 3 is 2.38 bits per heavy atom. The molecule has 0 aliphatic heterocycles. The van der Waals surface area contributed by atoms with Crippen LogP contribution >= 0.6 is 0 Å². The van der Waals surface area contributed by atoms with Crippen LogP contribution in [0.15, 0.2) is 18.2 Å². The molecule has 0 saturated heterocycles. The van der Waals surface area contributed by atoms with Gasteiger partial charge in [0, 0.05) is 5.75 Å². The van der Waals surface area contributed by atoms with Gasteiger partial charge < -0.3 is 4.74 Å². The van der Waals surface area contributed by atoms with E-state index in [1.165, 1.54) is 19.2 Å². The normalized spacial score (nSPS) is 10.5. The maximum Gasteiger partial charge on any atom is 1.00 e. The van der Waals surface area contributed by atoms with Crippen molar-refractivity contribution in [1.82, 2.24) is 0 Å². The van der Waals surface area contributed by atoms with E-state index in [-0.39, 0.29) is 24.6 Å². The van der Waals surface area contributed by atoms with Gasteiger partial charge in [-0.2, -0.15) is 25.3 Å². The standard InChI is InChI=1S/C8H6F3O.Li/c1-12-7-4-2-3-6(5-7)8(9,10)11;/h2-4H,1H3;/q-1;+1. The summed E-state index contributed by atoms with van der Waals surface area (Å²) in [4.78, 5) is 0. The summed E-state index contributed by atoms with van der Waals surface area (Å²) in [6.07, 6.45) is -4.35. The van der Waals surface area contributed by atoms with Gasteiger partial charge in [-0.15, -0.1) is 12.1 Å². The van der Waals surface area contributed by atoms with Gasteiger partial charge in [0.15, 0.2) is 0 Å². The Bertz CT molecular complexity index is 272. The van der Waals surface area contributed by atoms with Crippen LogP contribution in [0.5, 0.6) is 5.75 Å². The predicted molar refractivity (Wildman–Crippen MR) is 36.8 cm³/mol. The van der Waals surface area contributed by atoms with Crippen LogP contribution in [0.4, 0.5) is 13.2 Å². The van der Waals surface area contributed by atoms with Gasteiger partial charge >= 0.3 is 25.0 Å². The molecule has 0 N–H and O–H groups in total. The zero-order valence-electron chi connectivity index (χ0n) is 7.27. The van der Waals surface area contributed by atoms with Gasteiger partial charge in [-0.1, -0.05) is 5.56 Å². The number of rotatable bonds is 1. The van der Waals surface area contributed by atoms with Crippen LogP contribution in [0.1, 0.15) is 5.56 Å². The van der Waals surface area contributed by atoms with Crippen LogP contribution in [-0.4, -0.2) is 7.11 Å². The van der Waals surface area contributed by atoms with Crippen molar-refractivity contribution in [3.63, 3.8) is 0 Å². The molecule has 13 heavy (non-hydrogen) atoms. The van der Waals surface area contributed by atoms with E-state index in [1.807, 2.05) is 0 Å². The summed E-state index contributed by atoms with van der Waals surface area (Å²) in [6.45, 7) is 0. The second-order valence-corrected chi connectivity index (χ2v) is 2.13. The van der Waals surface area contributed by atoms with Gasteiger partial charge in [0.1, 0.15) is 0 Å². The van der Waals surface area contributed by atoms with Crippen molar-refractivity contribution in [2.45, 2.75) is 6.18 Å². The molecule has 0 aliphatic rings. The molecule has 1 aromatic carbocycles. The molecule has 0 amide bonds. The minimum absolute atomic E-state index is 0. The summed E-state index contributed by atoms with van der Waals surface area (Å²) in [6, 6.07) is 5.72. The van der Waals surface area contributed by atoms with Crippen LogP contribution in [0, 0.1) is 6.07 Å². The summed E-state index contributed by atoms with van der Waals surface area (Å²) in [5.41, 5.74) is -0.818. The summed E-state index contributed by atoms with van der Waals surface area (Å²) in [7, 11) is 1.30. The Hall–Kier alpha value is -0.593. The average molecular weight is 182 g/mol. The smallest absolute Gasteiger partial charge is 0.523 e. The van der Waals surface area contributed by atoms with Crippen molar-refractivity contribution in [2.75, 3.05) is 7.11 Å². The first-order valence-electron chi connectivity index (χ1n) is 3.17. The van der Waals surface area contributed by atoms with E-state index in [0.29, 0.717) is 0 Å². The molecule has 0 fully saturated rings. The zero-order chi connectivity index (χ0) is 9.19. The molecule has 0 radical (unpaired) electrons. The molecule has 66 valence electrons. The van der Waals surface area contributed by atoms with Gasteiger partial charge in [0.2, 0.25) is 0 Å². The fraction of sp³-hybridized carbons (Fsp3) is 0.250. The number of hydrogen-bond acceptors (Lipinski definition) is 1. The molecule has 0 heterocycles. The fourth-order valence-corrected chi connectivity index (χ4v) is 0.732. The van der Waals surface area contributed by atoms with Crippen molar-refractivity contribution in [3.8, 4) is 5.75 Å². The summed E-state index contributed by atoms with van der Waals surface area (Å²) in [5.74, 6) is 0.0878. The summed E-state index contributed by atoms with van der Waals surface area (Å²) < 4.78 is 40.6. The molecule has 0 unspecified atom stereocenters. The van der Waals surface area contributed by atoms with Crippen LogP contribution < -0.4 is 23.6 Å². The molecule has 0 spiro atoms. The first-order valence-corrected chi connectivity index (χ1v) is 3.17. The van der Waals surface area contributed by atoms with Gasteiger partial charge in [-0.25, -0.2) is 0 Å². The molecule has 0 aromatic heterocycles. The number of alkyl halides is 3. The van der Waals surface area contributed by atoms with Gasteiger partial charge in [0.05, 0.1) is 7.11 Å². The first-order chi connectivity index (χ1) is 5.54. The molecular weight excluding hydrogens is 176 g/mol. The van der Waals surface area contributed by atoms with E-state index in [2.05, 4.69) is 10.8 Å². The maximum atomic E-state index is 12.0. The Morgan fingerprint density at radius 2 is 1.92 bits per heavy atom. The van der Waals surface area contributed by atoms with Crippen LogP contribution in [0.2, 0.25) is 0 Å². The summed E-state index contributed by atoms with van der Waals surface area (Å²) in [5, 5.41) is 0. The third-order valence-electron chi connectivity index (χ3n) is 1.29. The Labute approximate surface area is 86.1 Å². The quantitative estimate of drug-likeness (QED) is 0.421. The molecule has 5 heteroatoms. The first kappa shape index (κ1) is 12.4. The average Bonchev–Trinajstić information content (AvgIpc) is 2.03. The summed E-state index contributed by atoms with van der Waals surface area (Å²) >= 11 is 0. The molecule has 0 atom stereocenters. The largest absolute Gasteiger partial charge is 1.00 e. The Kier molecular flexibility index (Phi) is 4.38. The van der Waals surface area contributed by atoms with Gasteiger partial charge in [-0.05, 0) is 0 Å². The van der Waals surface area contributed by atoms with E-state index < -0.39 is 11.7 Å². The zero-order valence-corrected chi connectivity index (χ0v) is 7.27. The van der Waals surface area contributed by atoms with Crippen molar-refractivity contribution >= 4 is 0 Å². The molecule has 1 nitrogen and oxygen atoms in total. The monoisotopic (exact) mass is 182 g/mol. The molecule has 0 saturated carbocycles. The van der Waals surface area contributed by atoms with Crippen LogP contribution in [0.3, 0.4) is 0 Å². The fourth-order valence-electron chi connectivity index (χ4n) is 0.732. The van der Waals surface area contributed by atoms with Crippen molar-refractivity contribution in [2.24, 2.45) is 0 Å². The topological polar surface area (TPSA) is 9.23 Å². The molecular formula is C8H6F3LiO. The molecule has 1 rings (SSSR count). The van der Waals surface area contributed by atoms with Crippen molar-refractivity contribution in [1.29, 1.82) is 0 Å². The van der Waals surface area contributed by atoms with E-state index in [0.717, 1.165) is 6.07 Å². The van der Waals surface area contributed by atoms with Crippen molar-refractivity contribution in [3.05, 3.63) is 29.8 Å². The number of ether oxygens (including phenoxy) is 1.